The van der Waals surface area contributed by atoms with Gasteiger partial charge in [-0.3, -0.25) is 4.79 Å². The quantitative estimate of drug-likeness (QED) is 0.758. The van der Waals surface area contributed by atoms with Crippen molar-refractivity contribution in [3.05, 3.63) is 29.2 Å². The molecule has 0 aromatic carbocycles. The van der Waals surface area contributed by atoms with Gasteiger partial charge < -0.3 is 14.6 Å². The molecule has 1 amide bonds. The van der Waals surface area contributed by atoms with Crippen molar-refractivity contribution in [3.63, 3.8) is 0 Å². The van der Waals surface area contributed by atoms with Crippen molar-refractivity contribution >= 4 is 45.5 Å². The summed E-state index contributed by atoms with van der Waals surface area (Å²) in [7, 11) is 0. The fourth-order valence-electron chi connectivity index (χ4n) is 2.81. The summed E-state index contributed by atoms with van der Waals surface area (Å²) in [6.07, 6.45) is 2.87. The lowest BCUT2D eigenvalue weighted by molar-refractivity contribution is 0.0219. The van der Waals surface area contributed by atoms with Gasteiger partial charge in [-0.05, 0) is 45.7 Å². The van der Waals surface area contributed by atoms with Crippen molar-refractivity contribution in [1.82, 2.24) is 14.9 Å². The molecule has 26 heavy (non-hydrogen) atoms. The standard InChI is InChI=1S/C18H22ClN3O3S/c1-18(2,3)25-17(24)22-6-4-12(5-7-22)26-16(23)13-8-11-9-15(19)20-10-14(11)21-13/h8-10,12,21H,4-7H2,1-3H3. The Morgan fingerprint density at radius 2 is 2.00 bits per heavy atom. The van der Waals surface area contributed by atoms with Crippen LogP contribution in [0.2, 0.25) is 5.15 Å². The smallest absolute Gasteiger partial charge is 0.410 e. The molecule has 1 aliphatic rings. The zero-order chi connectivity index (χ0) is 18.9. The lowest BCUT2D eigenvalue weighted by atomic mass is 10.1. The zero-order valence-electron chi connectivity index (χ0n) is 15.0. The predicted molar refractivity (Wildman–Crippen MR) is 104 cm³/mol. The second-order valence-electron chi connectivity index (χ2n) is 7.35. The van der Waals surface area contributed by atoms with Crippen LogP contribution in [0.25, 0.3) is 10.9 Å². The van der Waals surface area contributed by atoms with E-state index in [2.05, 4.69) is 9.97 Å². The molecule has 2 aromatic rings. The summed E-state index contributed by atoms with van der Waals surface area (Å²) in [5, 5.41) is 1.45. The van der Waals surface area contributed by atoms with Gasteiger partial charge in [-0.2, -0.15) is 0 Å². The zero-order valence-corrected chi connectivity index (χ0v) is 16.6. The van der Waals surface area contributed by atoms with Gasteiger partial charge in [0.2, 0.25) is 5.12 Å². The molecule has 3 rings (SSSR count). The van der Waals surface area contributed by atoms with Gasteiger partial charge in [0.25, 0.3) is 0 Å². The highest BCUT2D eigenvalue weighted by Gasteiger charge is 2.28. The molecule has 1 N–H and O–H groups in total. The molecule has 2 aromatic heterocycles. The third kappa shape index (κ3) is 4.71. The van der Waals surface area contributed by atoms with E-state index < -0.39 is 5.60 Å². The number of piperidine rings is 1. The van der Waals surface area contributed by atoms with Gasteiger partial charge in [-0.1, -0.05) is 23.4 Å². The fourth-order valence-corrected chi connectivity index (χ4v) is 3.96. The maximum absolute atomic E-state index is 12.5. The highest BCUT2D eigenvalue weighted by molar-refractivity contribution is 8.14. The first kappa shape index (κ1) is 19.0. The van der Waals surface area contributed by atoms with Crippen molar-refractivity contribution in [3.8, 4) is 0 Å². The summed E-state index contributed by atoms with van der Waals surface area (Å²) in [4.78, 5) is 33.5. The van der Waals surface area contributed by atoms with Crippen molar-refractivity contribution < 1.29 is 14.3 Å². The Bertz CT molecular complexity index is 823. The number of halogens is 1. The minimum absolute atomic E-state index is 0.00644. The largest absolute Gasteiger partial charge is 0.444 e. The Hall–Kier alpha value is -1.73. The maximum atomic E-state index is 12.5. The Balaban J connectivity index is 1.55. The number of ether oxygens (including phenoxy) is 1. The van der Waals surface area contributed by atoms with Crippen LogP contribution in [0, 0.1) is 0 Å². The van der Waals surface area contributed by atoms with Crippen molar-refractivity contribution in [2.75, 3.05) is 13.1 Å². The molecular formula is C18H22ClN3O3S. The van der Waals surface area contributed by atoms with Gasteiger partial charge in [-0.15, -0.1) is 0 Å². The van der Waals surface area contributed by atoms with Gasteiger partial charge in [0.1, 0.15) is 10.8 Å². The number of likely N-dealkylation sites (tertiary alicyclic amines) is 1. The first-order valence-electron chi connectivity index (χ1n) is 8.54. The van der Waals surface area contributed by atoms with Crippen molar-refractivity contribution in [2.24, 2.45) is 0 Å². The van der Waals surface area contributed by atoms with Crippen LogP contribution < -0.4 is 0 Å². The number of nitrogens with one attached hydrogen (secondary N) is 1. The Morgan fingerprint density at radius 3 is 2.65 bits per heavy atom. The summed E-state index contributed by atoms with van der Waals surface area (Å²) in [5.41, 5.74) is 0.841. The number of fused-ring (bicyclic) bond motifs is 1. The van der Waals surface area contributed by atoms with Crippen LogP contribution >= 0.6 is 23.4 Å². The number of carbonyl (C=O) groups is 2. The summed E-state index contributed by atoms with van der Waals surface area (Å²) in [6.45, 7) is 6.78. The molecule has 0 bridgehead atoms. The molecule has 3 heterocycles. The van der Waals surface area contributed by atoms with Gasteiger partial charge >= 0.3 is 6.09 Å². The normalized spacial score (nSPS) is 16.1. The Morgan fingerprint density at radius 1 is 1.31 bits per heavy atom. The van der Waals surface area contributed by atoms with Crippen LogP contribution in [0.1, 0.15) is 44.1 Å². The predicted octanol–water partition coefficient (Wildman–Crippen LogP) is 4.49. The topological polar surface area (TPSA) is 75.3 Å². The first-order valence-corrected chi connectivity index (χ1v) is 9.80. The number of hydrogen-bond acceptors (Lipinski definition) is 5. The number of pyridine rings is 1. The minimum Gasteiger partial charge on any atom is -0.444 e. The van der Waals surface area contributed by atoms with Crippen LogP contribution in [-0.4, -0.2) is 50.0 Å². The second kappa shape index (κ2) is 7.48. The van der Waals surface area contributed by atoms with Crippen LogP contribution in [0.5, 0.6) is 0 Å². The lowest BCUT2D eigenvalue weighted by Gasteiger charge is -2.32. The van der Waals surface area contributed by atoms with E-state index in [0.29, 0.717) is 23.9 Å². The monoisotopic (exact) mass is 395 g/mol. The van der Waals surface area contributed by atoms with Gasteiger partial charge in [0.05, 0.1) is 17.4 Å². The number of nitrogens with zero attached hydrogens (tertiary/aromatic N) is 2. The molecule has 1 aliphatic heterocycles. The van der Waals surface area contributed by atoms with E-state index in [1.807, 2.05) is 20.8 Å². The van der Waals surface area contributed by atoms with E-state index in [0.717, 1.165) is 23.7 Å². The van der Waals surface area contributed by atoms with E-state index in [9.17, 15) is 9.59 Å². The molecule has 0 radical (unpaired) electrons. The van der Waals surface area contributed by atoms with Crippen molar-refractivity contribution in [1.29, 1.82) is 0 Å². The number of aromatic amines is 1. The highest BCUT2D eigenvalue weighted by atomic mass is 35.5. The Labute approximate surface area is 161 Å². The molecule has 1 saturated heterocycles. The van der Waals surface area contributed by atoms with E-state index in [4.69, 9.17) is 16.3 Å². The molecule has 0 aliphatic carbocycles. The van der Waals surface area contributed by atoms with Gasteiger partial charge in [-0.25, -0.2) is 9.78 Å². The van der Waals surface area contributed by atoms with Crippen LogP contribution in [0.4, 0.5) is 4.79 Å². The van der Waals surface area contributed by atoms with E-state index in [-0.39, 0.29) is 16.5 Å². The molecule has 6 nitrogen and oxygen atoms in total. The van der Waals surface area contributed by atoms with Gasteiger partial charge in [0, 0.05) is 23.7 Å². The molecular weight excluding hydrogens is 374 g/mol. The molecule has 0 saturated carbocycles. The van der Waals surface area contributed by atoms with Crippen molar-refractivity contribution in [2.45, 2.75) is 44.5 Å². The maximum Gasteiger partial charge on any atom is 0.410 e. The molecule has 140 valence electrons. The van der Waals surface area contributed by atoms with Crippen LogP contribution in [0.3, 0.4) is 0 Å². The number of aromatic nitrogens is 2. The number of amides is 1. The Kier molecular flexibility index (Phi) is 5.48. The number of hydrogen-bond donors (Lipinski definition) is 1. The minimum atomic E-state index is -0.494. The molecule has 8 heteroatoms. The SMILES string of the molecule is CC(C)(C)OC(=O)N1CCC(SC(=O)c2cc3cc(Cl)ncc3[nH]2)CC1. The summed E-state index contributed by atoms with van der Waals surface area (Å²) < 4.78 is 5.40. The van der Waals surface area contributed by atoms with Crippen LogP contribution in [0.15, 0.2) is 18.3 Å². The third-order valence-corrected chi connectivity index (χ3v) is 5.50. The van der Waals surface area contributed by atoms with Crippen LogP contribution in [-0.2, 0) is 4.74 Å². The van der Waals surface area contributed by atoms with E-state index >= 15 is 0 Å². The number of rotatable bonds is 2. The first-order chi connectivity index (χ1) is 12.2. The van der Waals surface area contributed by atoms with E-state index in [1.54, 1.807) is 23.2 Å². The summed E-state index contributed by atoms with van der Waals surface area (Å²) in [6, 6.07) is 3.53. The third-order valence-electron chi connectivity index (χ3n) is 4.06. The molecule has 0 unspecified atom stereocenters. The van der Waals surface area contributed by atoms with E-state index in [1.165, 1.54) is 11.8 Å². The lowest BCUT2D eigenvalue weighted by Crippen LogP contribution is -2.42. The molecule has 1 fully saturated rings. The fraction of sp³-hybridized carbons (Fsp3) is 0.500. The number of carbonyl (C=O) groups excluding carboxylic acids is 2. The van der Waals surface area contributed by atoms with Gasteiger partial charge in [0.15, 0.2) is 0 Å². The summed E-state index contributed by atoms with van der Waals surface area (Å²) >= 11 is 7.20. The summed E-state index contributed by atoms with van der Waals surface area (Å²) in [5.74, 6) is 0. The number of H-pyrrole nitrogens is 1. The highest BCUT2D eigenvalue weighted by Crippen LogP contribution is 2.28. The molecule has 0 spiro atoms. The molecule has 0 atom stereocenters. The number of thioether (sulfide) groups is 1. The average Bonchev–Trinajstić information content (AvgIpc) is 2.97. The average molecular weight is 396 g/mol. The second-order valence-corrected chi connectivity index (χ2v) is 9.01.